The summed E-state index contributed by atoms with van der Waals surface area (Å²) in [5.41, 5.74) is 1.05. The quantitative estimate of drug-likeness (QED) is 0.820. The smallest absolute Gasteiger partial charge is 0.442 e. The summed E-state index contributed by atoms with van der Waals surface area (Å²) in [4.78, 5) is 36.9. The van der Waals surface area contributed by atoms with E-state index >= 15 is 0 Å². The van der Waals surface area contributed by atoms with E-state index in [-0.39, 0.29) is 31.5 Å². The van der Waals surface area contributed by atoms with Crippen molar-refractivity contribution in [3.05, 3.63) is 29.8 Å². The Morgan fingerprint density at radius 2 is 1.93 bits per heavy atom. The minimum atomic E-state index is -4.86. The van der Waals surface area contributed by atoms with E-state index in [1.807, 2.05) is 0 Å². The summed E-state index contributed by atoms with van der Waals surface area (Å²) in [6, 6.07) is 7.06. The first-order chi connectivity index (χ1) is 13.6. The number of amides is 3. The molecule has 3 unspecified atom stereocenters. The highest BCUT2D eigenvalue weighted by Crippen LogP contribution is 2.59. The van der Waals surface area contributed by atoms with Crippen molar-refractivity contribution in [1.29, 1.82) is 0 Å². The number of cyclic esters (lactones) is 1. The number of nitrogens with one attached hydrogen (secondary N) is 1. The molecule has 3 aliphatic rings. The van der Waals surface area contributed by atoms with Crippen LogP contribution in [0.3, 0.4) is 0 Å². The van der Waals surface area contributed by atoms with Crippen LogP contribution < -0.4 is 10.2 Å². The van der Waals surface area contributed by atoms with Crippen LogP contribution in [-0.4, -0.2) is 61.3 Å². The minimum absolute atomic E-state index is 0.0263. The van der Waals surface area contributed by atoms with Gasteiger partial charge in [-0.15, -0.1) is 0 Å². The van der Waals surface area contributed by atoms with Crippen molar-refractivity contribution in [2.24, 2.45) is 5.92 Å². The zero-order valence-electron chi connectivity index (χ0n) is 15.7. The number of piperidine rings is 1. The van der Waals surface area contributed by atoms with E-state index in [9.17, 15) is 27.6 Å². The standard InChI is InChI=1S/C19H20F3N3O4/c1-11(26)23-7-15-9-25(17(28)29-15)14-4-2-12(3-5-14)18-6-13(18)8-24(10-18)16(27)19(20,21)22/h2-5,13,15H,6-10H2,1H3,(H,23,26). The molecule has 1 aromatic carbocycles. The van der Waals surface area contributed by atoms with Gasteiger partial charge in [-0.2, -0.15) is 13.2 Å². The molecule has 1 saturated carbocycles. The van der Waals surface area contributed by atoms with Crippen LogP contribution in [0.2, 0.25) is 0 Å². The normalized spacial score (nSPS) is 28.2. The summed E-state index contributed by atoms with van der Waals surface area (Å²) < 4.78 is 43.3. The number of halogens is 3. The monoisotopic (exact) mass is 411 g/mol. The highest BCUT2D eigenvalue weighted by Gasteiger charge is 2.63. The zero-order chi connectivity index (χ0) is 21.0. The van der Waals surface area contributed by atoms with Gasteiger partial charge in [0.15, 0.2) is 0 Å². The predicted octanol–water partition coefficient (Wildman–Crippen LogP) is 1.81. The lowest BCUT2D eigenvalue weighted by atomic mass is 9.94. The highest BCUT2D eigenvalue weighted by atomic mass is 19.4. The molecule has 0 spiro atoms. The summed E-state index contributed by atoms with van der Waals surface area (Å²) in [6.07, 6.45) is -5.07. The third-order valence-electron chi connectivity index (χ3n) is 5.88. The van der Waals surface area contributed by atoms with Crippen molar-refractivity contribution >= 4 is 23.6 Å². The Morgan fingerprint density at radius 1 is 1.24 bits per heavy atom. The van der Waals surface area contributed by atoms with Gasteiger partial charge in [-0.3, -0.25) is 14.5 Å². The van der Waals surface area contributed by atoms with Gasteiger partial charge in [-0.05, 0) is 30.0 Å². The van der Waals surface area contributed by atoms with Gasteiger partial charge in [0, 0.05) is 31.1 Å². The van der Waals surface area contributed by atoms with Crippen LogP contribution in [0.25, 0.3) is 0 Å². The number of hydrogen-bond acceptors (Lipinski definition) is 4. The lowest BCUT2D eigenvalue weighted by Gasteiger charge is -2.22. The number of rotatable bonds is 4. The fourth-order valence-corrected chi connectivity index (χ4v) is 4.33. The fraction of sp³-hybridized carbons (Fsp3) is 0.526. The Morgan fingerprint density at radius 3 is 2.55 bits per heavy atom. The van der Waals surface area contributed by atoms with Crippen molar-refractivity contribution in [3.63, 3.8) is 0 Å². The molecule has 156 valence electrons. The molecule has 3 amide bonds. The molecule has 3 atom stereocenters. The topological polar surface area (TPSA) is 79.0 Å². The maximum atomic E-state index is 12.7. The van der Waals surface area contributed by atoms with Crippen molar-refractivity contribution in [3.8, 4) is 0 Å². The number of carbonyl (C=O) groups is 3. The molecule has 29 heavy (non-hydrogen) atoms. The molecular formula is C19H20F3N3O4. The molecule has 0 aromatic heterocycles. The summed E-state index contributed by atoms with van der Waals surface area (Å²) >= 11 is 0. The van der Waals surface area contributed by atoms with Crippen molar-refractivity contribution in [1.82, 2.24) is 10.2 Å². The molecule has 4 rings (SSSR count). The number of benzene rings is 1. The number of hydrogen-bond donors (Lipinski definition) is 1. The van der Waals surface area contributed by atoms with E-state index in [1.165, 1.54) is 11.8 Å². The highest BCUT2D eigenvalue weighted by molar-refractivity contribution is 5.90. The second-order valence-electron chi connectivity index (χ2n) is 7.84. The van der Waals surface area contributed by atoms with Gasteiger partial charge in [-0.25, -0.2) is 4.79 Å². The van der Waals surface area contributed by atoms with E-state index < -0.39 is 29.7 Å². The van der Waals surface area contributed by atoms with E-state index in [2.05, 4.69) is 5.32 Å². The van der Waals surface area contributed by atoms with Gasteiger partial charge in [0.25, 0.3) is 0 Å². The minimum Gasteiger partial charge on any atom is -0.442 e. The largest absolute Gasteiger partial charge is 0.471 e. The number of carbonyl (C=O) groups excluding carboxylic acids is 3. The molecule has 2 saturated heterocycles. The van der Waals surface area contributed by atoms with E-state index in [0.717, 1.165) is 16.9 Å². The maximum absolute atomic E-state index is 12.7. The second-order valence-corrected chi connectivity index (χ2v) is 7.84. The number of ether oxygens (including phenoxy) is 1. The Kier molecular flexibility index (Phi) is 4.47. The molecule has 7 nitrogen and oxygen atoms in total. The number of alkyl halides is 3. The Hall–Kier alpha value is -2.78. The van der Waals surface area contributed by atoms with Crippen LogP contribution >= 0.6 is 0 Å². The Bertz CT molecular complexity index is 857. The second kappa shape index (κ2) is 6.64. The van der Waals surface area contributed by atoms with Crippen LogP contribution in [0.4, 0.5) is 23.7 Å². The zero-order valence-corrected chi connectivity index (χ0v) is 15.7. The molecular weight excluding hydrogens is 391 g/mol. The summed E-state index contributed by atoms with van der Waals surface area (Å²) in [6.45, 7) is 2.07. The Balaban J connectivity index is 1.42. The molecule has 2 aliphatic heterocycles. The first kappa shape index (κ1) is 19.5. The number of nitrogens with zero attached hydrogens (tertiary/aromatic N) is 2. The number of fused-ring (bicyclic) bond motifs is 1. The molecule has 1 N–H and O–H groups in total. The van der Waals surface area contributed by atoms with Gasteiger partial charge in [0.1, 0.15) is 6.10 Å². The molecule has 3 fully saturated rings. The van der Waals surface area contributed by atoms with Crippen molar-refractivity contribution < 1.29 is 32.3 Å². The van der Waals surface area contributed by atoms with Gasteiger partial charge in [0.2, 0.25) is 5.91 Å². The SMILES string of the molecule is CC(=O)NCC1CN(c2ccc(C34CC3CN(C(=O)C(F)(F)F)C4)cc2)C(=O)O1. The van der Waals surface area contributed by atoms with Gasteiger partial charge < -0.3 is 15.0 Å². The van der Waals surface area contributed by atoms with Crippen LogP contribution in [-0.2, 0) is 19.7 Å². The van der Waals surface area contributed by atoms with E-state index in [1.54, 1.807) is 24.3 Å². The van der Waals surface area contributed by atoms with Crippen LogP contribution in [0, 0.1) is 5.92 Å². The first-order valence-electron chi connectivity index (χ1n) is 9.29. The average molecular weight is 411 g/mol. The summed E-state index contributed by atoms with van der Waals surface area (Å²) in [7, 11) is 0. The maximum Gasteiger partial charge on any atom is 0.471 e. The lowest BCUT2D eigenvalue weighted by molar-refractivity contribution is -0.184. The van der Waals surface area contributed by atoms with Crippen molar-refractivity contribution in [2.45, 2.75) is 31.0 Å². The predicted molar refractivity (Wildman–Crippen MR) is 95.2 cm³/mol. The molecule has 0 bridgehead atoms. The molecule has 0 radical (unpaired) electrons. The van der Waals surface area contributed by atoms with E-state index in [0.29, 0.717) is 12.2 Å². The van der Waals surface area contributed by atoms with Gasteiger partial charge >= 0.3 is 18.2 Å². The first-order valence-corrected chi connectivity index (χ1v) is 9.29. The summed E-state index contributed by atoms with van der Waals surface area (Å²) in [5.74, 6) is -1.97. The molecule has 10 heteroatoms. The molecule has 1 aromatic rings. The molecule has 2 heterocycles. The number of anilines is 1. The van der Waals surface area contributed by atoms with Crippen LogP contribution in [0.5, 0.6) is 0 Å². The van der Waals surface area contributed by atoms with Gasteiger partial charge in [-0.1, -0.05) is 12.1 Å². The molecule has 1 aliphatic carbocycles. The Labute approximate surface area is 164 Å². The third kappa shape index (κ3) is 3.51. The van der Waals surface area contributed by atoms with Crippen LogP contribution in [0.15, 0.2) is 24.3 Å². The fourth-order valence-electron chi connectivity index (χ4n) is 4.33. The third-order valence-corrected chi connectivity index (χ3v) is 5.88. The van der Waals surface area contributed by atoms with Crippen LogP contribution in [0.1, 0.15) is 18.9 Å². The van der Waals surface area contributed by atoms with E-state index in [4.69, 9.17) is 4.74 Å². The van der Waals surface area contributed by atoms with Gasteiger partial charge in [0.05, 0.1) is 13.1 Å². The summed E-state index contributed by atoms with van der Waals surface area (Å²) in [5, 5.41) is 2.61. The number of likely N-dealkylation sites (tertiary alicyclic amines) is 1. The average Bonchev–Trinajstić information content (AvgIpc) is 3.03. The lowest BCUT2D eigenvalue weighted by Crippen LogP contribution is -2.41. The van der Waals surface area contributed by atoms with Crippen molar-refractivity contribution in [2.75, 3.05) is 31.1 Å².